The molecule has 0 aromatic carbocycles. The van der Waals surface area contributed by atoms with Crippen LogP contribution < -0.4 is 10.6 Å². The number of aromatic nitrogens is 1. The average Bonchev–Trinajstić information content (AvgIpc) is 2.92. The molecule has 18 heavy (non-hydrogen) atoms. The van der Waals surface area contributed by atoms with Crippen LogP contribution in [-0.2, 0) is 0 Å². The van der Waals surface area contributed by atoms with Crippen LogP contribution in [0, 0.1) is 0 Å². The van der Waals surface area contributed by atoms with E-state index in [1.165, 1.54) is 0 Å². The molecule has 94 valence electrons. The van der Waals surface area contributed by atoms with Crippen molar-refractivity contribution in [3.8, 4) is 0 Å². The summed E-state index contributed by atoms with van der Waals surface area (Å²) < 4.78 is 0. The molecule has 0 spiro atoms. The van der Waals surface area contributed by atoms with Gasteiger partial charge < -0.3 is 10.6 Å². The Morgan fingerprint density at radius 2 is 2.28 bits per heavy atom. The molecule has 4 nitrogen and oxygen atoms in total. The summed E-state index contributed by atoms with van der Waals surface area (Å²) in [6.45, 7) is 1.97. The Morgan fingerprint density at radius 3 is 2.94 bits per heavy atom. The monoisotopic (exact) mass is 261 g/mol. The predicted molar refractivity (Wildman–Crippen MR) is 74.0 cm³/mol. The standard InChI is InChI=1S/C13H15N3OS/c1-9(11-4-6-18-8-11)16-13(17)10-3-5-15-12(7-10)14-2/h3-9H,1-2H3,(H,14,15)(H,16,17). The molecule has 0 saturated heterocycles. The van der Waals surface area contributed by atoms with E-state index in [0.717, 1.165) is 5.56 Å². The van der Waals surface area contributed by atoms with Crippen molar-refractivity contribution in [3.63, 3.8) is 0 Å². The number of hydrogen-bond donors (Lipinski definition) is 2. The van der Waals surface area contributed by atoms with E-state index >= 15 is 0 Å². The smallest absolute Gasteiger partial charge is 0.251 e. The zero-order valence-corrected chi connectivity index (χ0v) is 11.1. The lowest BCUT2D eigenvalue weighted by Crippen LogP contribution is -2.26. The summed E-state index contributed by atoms with van der Waals surface area (Å²) in [5.41, 5.74) is 1.73. The van der Waals surface area contributed by atoms with Crippen molar-refractivity contribution >= 4 is 23.1 Å². The Morgan fingerprint density at radius 1 is 1.44 bits per heavy atom. The summed E-state index contributed by atoms with van der Waals surface area (Å²) in [6.07, 6.45) is 1.62. The van der Waals surface area contributed by atoms with Crippen LogP contribution in [-0.4, -0.2) is 17.9 Å². The normalized spacial score (nSPS) is 11.9. The molecule has 0 saturated carbocycles. The average molecular weight is 261 g/mol. The quantitative estimate of drug-likeness (QED) is 0.889. The Labute approximate surface area is 110 Å². The van der Waals surface area contributed by atoms with Crippen LogP contribution in [0.15, 0.2) is 35.2 Å². The van der Waals surface area contributed by atoms with Crippen LogP contribution in [0.4, 0.5) is 5.82 Å². The zero-order chi connectivity index (χ0) is 13.0. The fourth-order valence-electron chi connectivity index (χ4n) is 1.59. The first-order valence-electron chi connectivity index (χ1n) is 5.67. The van der Waals surface area contributed by atoms with Gasteiger partial charge in [-0.25, -0.2) is 4.98 Å². The maximum atomic E-state index is 12.1. The third-order valence-corrected chi connectivity index (χ3v) is 3.37. The largest absolute Gasteiger partial charge is 0.373 e. The Hall–Kier alpha value is -1.88. The summed E-state index contributed by atoms with van der Waals surface area (Å²) in [4.78, 5) is 16.1. The van der Waals surface area contributed by atoms with E-state index in [4.69, 9.17) is 0 Å². The van der Waals surface area contributed by atoms with E-state index in [2.05, 4.69) is 15.6 Å². The van der Waals surface area contributed by atoms with Crippen LogP contribution in [0.5, 0.6) is 0 Å². The molecular weight excluding hydrogens is 246 g/mol. The number of carbonyl (C=O) groups is 1. The molecule has 1 unspecified atom stereocenters. The van der Waals surface area contributed by atoms with E-state index in [-0.39, 0.29) is 11.9 Å². The molecule has 2 rings (SSSR count). The minimum Gasteiger partial charge on any atom is -0.373 e. The number of pyridine rings is 1. The fraction of sp³-hybridized carbons (Fsp3) is 0.231. The van der Waals surface area contributed by atoms with Gasteiger partial charge >= 0.3 is 0 Å². The van der Waals surface area contributed by atoms with Crippen LogP contribution in [0.2, 0.25) is 0 Å². The summed E-state index contributed by atoms with van der Waals surface area (Å²) in [7, 11) is 1.78. The summed E-state index contributed by atoms with van der Waals surface area (Å²) in [6, 6.07) is 5.46. The minimum atomic E-state index is -0.0902. The van der Waals surface area contributed by atoms with E-state index < -0.39 is 0 Å². The second-order valence-corrected chi connectivity index (χ2v) is 4.71. The van der Waals surface area contributed by atoms with Crippen molar-refractivity contribution in [2.24, 2.45) is 0 Å². The molecule has 2 heterocycles. The van der Waals surface area contributed by atoms with Crippen molar-refractivity contribution < 1.29 is 4.79 Å². The number of thiophene rings is 1. The van der Waals surface area contributed by atoms with Crippen LogP contribution >= 0.6 is 11.3 Å². The first kappa shape index (κ1) is 12.6. The molecule has 0 fully saturated rings. The van der Waals surface area contributed by atoms with Crippen LogP contribution in [0.25, 0.3) is 0 Å². The van der Waals surface area contributed by atoms with Gasteiger partial charge in [0.05, 0.1) is 6.04 Å². The highest BCUT2D eigenvalue weighted by Crippen LogP contribution is 2.16. The highest BCUT2D eigenvalue weighted by atomic mass is 32.1. The van der Waals surface area contributed by atoms with Gasteiger partial charge in [-0.05, 0) is 41.4 Å². The third kappa shape index (κ3) is 2.87. The van der Waals surface area contributed by atoms with E-state index in [0.29, 0.717) is 11.4 Å². The van der Waals surface area contributed by atoms with Crippen molar-refractivity contribution in [2.75, 3.05) is 12.4 Å². The number of hydrogen-bond acceptors (Lipinski definition) is 4. The highest BCUT2D eigenvalue weighted by Gasteiger charge is 2.12. The Balaban J connectivity index is 2.07. The molecule has 5 heteroatoms. The fourth-order valence-corrected chi connectivity index (χ4v) is 2.35. The first-order valence-corrected chi connectivity index (χ1v) is 6.61. The lowest BCUT2D eigenvalue weighted by Gasteiger charge is -2.12. The third-order valence-electron chi connectivity index (χ3n) is 2.67. The van der Waals surface area contributed by atoms with Crippen LogP contribution in [0.1, 0.15) is 28.9 Å². The first-order chi connectivity index (χ1) is 8.70. The maximum Gasteiger partial charge on any atom is 0.251 e. The van der Waals surface area contributed by atoms with E-state index in [1.54, 1.807) is 36.7 Å². The number of nitrogens with zero attached hydrogens (tertiary/aromatic N) is 1. The van der Waals surface area contributed by atoms with Crippen molar-refractivity contribution in [1.82, 2.24) is 10.3 Å². The minimum absolute atomic E-state index is 0.00921. The molecule has 0 aliphatic carbocycles. The van der Waals surface area contributed by atoms with Gasteiger partial charge in [0, 0.05) is 18.8 Å². The zero-order valence-electron chi connectivity index (χ0n) is 10.3. The molecule has 1 atom stereocenters. The summed E-state index contributed by atoms with van der Waals surface area (Å²) >= 11 is 1.63. The van der Waals surface area contributed by atoms with Crippen molar-refractivity contribution in [2.45, 2.75) is 13.0 Å². The topological polar surface area (TPSA) is 54.0 Å². The second-order valence-electron chi connectivity index (χ2n) is 3.93. The van der Waals surface area contributed by atoms with Gasteiger partial charge in [0.15, 0.2) is 0 Å². The number of nitrogens with one attached hydrogen (secondary N) is 2. The number of carbonyl (C=O) groups excluding carboxylic acids is 1. The molecule has 1 amide bonds. The number of rotatable bonds is 4. The SMILES string of the molecule is CNc1cc(C(=O)NC(C)c2ccsc2)ccn1. The van der Waals surface area contributed by atoms with Gasteiger partial charge in [-0.2, -0.15) is 11.3 Å². The van der Waals surface area contributed by atoms with Crippen molar-refractivity contribution in [3.05, 3.63) is 46.3 Å². The number of amides is 1. The molecular formula is C13H15N3OS. The maximum absolute atomic E-state index is 12.1. The van der Waals surface area contributed by atoms with Gasteiger partial charge in [-0.15, -0.1) is 0 Å². The summed E-state index contributed by atoms with van der Waals surface area (Å²) in [5.74, 6) is 0.596. The van der Waals surface area contributed by atoms with Gasteiger partial charge in [-0.3, -0.25) is 4.79 Å². The molecule has 0 aliphatic rings. The highest BCUT2D eigenvalue weighted by molar-refractivity contribution is 7.07. The van der Waals surface area contributed by atoms with Gasteiger partial charge in [0.25, 0.3) is 5.91 Å². The Kier molecular flexibility index (Phi) is 3.94. The van der Waals surface area contributed by atoms with Gasteiger partial charge in [0.2, 0.25) is 0 Å². The lowest BCUT2D eigenvalue weighted by molar-refractivity contribution is 0.0940. The molecule has 0 radical (unpaired) electrons. The van der Waals surface area contributed by atoms with Gasteiger partial charge in [-0.1, -0.05) is 0 Å². The number of anilines is 1. The second kappa shape index (κ2) is 5.64. The van der Waals surface area contributed by atoms with E-state index in [1.807, 2.05) is 23.8 Å². The summed E-state index contributed by atoms with van der Waals surface area (Å²) in [5, 5.41) is 9.92. The van der Waals surface area contributed by atoms with Crippen LogP contribution in [0.3, 0.4) is 0 Å². The Bertz CT molecular complexity index is 525. The molecule has 0 aliphatic heterocycles. The van der Waals surface area contributed by atoms with Gasteiger partial charge in [0.1, 0.15) is 5.82 Å². The predicted octanol–water partition coefficient (Wildman–Crippen LogP) is 2.68. The molecule has 2 aromatic heterocycles. The molecule has 0 bridgehead atoms. The molecule has 2 aromatic rings. The lowest BCUT2D eigenvalue weighted by atomic mass is 10.1. The van der Waals surface area contributed by atoms with Crippen molar-refractivity contribution in [1.29, 1.82) is 0 Å². The van der Waals surface area contributed by atoms with E-state index in [9.17, 15) is 4.79 Å². The molecule has 2 N–H and O–H groups in total.